The molecule has 3 nitrogen and oxygen atoms in total. The summed E-state index contributed by atoms with van der Waals surface area (Å²) in [6, 6.07) is 8.77. The smallest absolute Gasteiger partial charge is 0.119 e. The molecular weight excluding hydrogens is 260 g/mol. The van der Waals surface area contributed by atoms with Gasteiger partial charge >= 0.3 is 0 Å². The normalized spacial score (nSPS) is 32.0. The van der Waals surface area contributed by atoms with Crippen molar-refractivity contribution in [1.29, 1.82) is 0 Å². The lowest BCUT2D eigenvalue weighted by atomic mass is 9.87. The molecule has 0 amide bonds. The number of hydrogen-bond acceptors (Lipinski definition) is 3. The van der Waals surface area contributed by atoms with Gasteiger partial charge in [-0.25, -0.2) is 0 Å². The van der Waals surface area contributed by atoms with Crippen LogP contribution < -0.4 is 10.1 Å². The van der Waals surface area contributed by atoms with Crippen LogP contribution in [0.25, 0.3) is 0 Å². The zero-order valence-corrected chi connectivity index (χ0v) is 13.0. The van der Waals surface area contributed by atoms with Crippen molar-refractivity contribution in [2.24, 2.45) is 0 Å². The second kappa shape index (κ2) is 5.62. The van der Waals surface area contributed by atoms with Crippen molar-refractivity contribution in [1.82, 2.24) is 10.2 Å². The highest BCUT2D eigenvalue weighted by Gasteiger charge is 2.38. The minimum Gasteiger partial charge on any atom is -0.497 e. The topological polar surface area (TPSA) is 24.5 Å². The summed E-state index contributed by atoms with van der Waals surface area (Å²) in [6.07, 6.45) is 7.78. The van der Waals surface area contributed by atoms with Crippen LogP contribution >= 0.6 is 0 Å². The molecule has 1 aromatic rings. The summed E-state index contributed by atoms with van der Waals surface area (Å²) in [5, 5.41) is 3.99. The van der Waals surface area contributed by atoms with Gasteiger partial charge in [0, 0.05) is 24.7 Å². The molecule has 114 valence electrons. The first-order valence-corrected chi connectivity index (χ1v) is 8.49. The predicted molar refractivity (Wildman–Crippen MR) is 84.9 cm³/mol. The van der Waals surface area contributed by atoms with Gasteiger partial charge in [0.1, 0.15) is 5.75 Å². The summed E-state index contributed by atoms with van der Waals surface area (Å²) < 4.78 is 5.38. The molecule has 0 aromatic heterocycles. The highest BCUT2D eigenvalue weighted by Crippen LogP contribution is 2.30. The van der Waals surface area contributed by atoms with Gasteiger partial charge < -0.3 is 10.1 Å². The number of aryl methyl sites for hydroxylation is 1. The molecule has 0 saturated carbocycles. The molecule has 0 spiro atoms. The van der Waals surface area contributed by atoms with Crippen molar-refractivity contribution in [3.63, 3.8) is 0 Å². The van der Waals surface area contributed by atoms with Crippen LogP contribution in [0.2, 0.25) is 0 Å². The Morgan fingerprint density at radius 1 is 1.14 bits per heavy atom. The van der Waals surface area contributed by atoms with Crippen LogP contribution in [0, 0.1) is 0 Å². The van der Waals surface area contributed by atoms with Gasteiger partial charge in [0.15, 0.2) is 0 Å². The Hall–Kier alpha value is -1.06. The molecule has 1 N–H and O–H groups in total. The molecule has 21 heavy (non-hydrogen) atoms. The third-order valence-corrected chi connectivity index (χ3v) is 5.70. The van der Waals surface area contributed by atoms with Crippen LogP contribution in [0.1, 0.15) is 36.8 Å². The number of benzene rings is 1. The summed E-state index contributed by atoms with van der Waals surface area (Å²) in [5.74, 6) is 0.997. The van der Waals surface area contributed by atoms with Gasteiger partial charge in [-0.3, -0.25) is 4.90 Å². The molecule has 0 bridgehead atoms. The Balaban J connectivity index is 1.43. The lowest BCUT2D eigenvalue weighted by Gasteiger charge is -2.31. The quantitative estimate of drug-likeness (QED) is 0.923. The highest BCUT2D eigenvalue weighted by molar-refractivity contribution is 5.38. The number of nitrogens with one attached hydrogen (secondary N) is 1. The Morgan fingerprint density at radius 3 is 3.00 bits per heavy atom. The summed E-state index contributed by atoms with van der Waals surface area (Å²) in [5.41, 5.74) is 3.00. The van der Waals surface area contributed by atoms with Crippen LogP contribution in [0.15, 0.2) is 18.2 Å². The monoisotopic (exact) mass is 286 g/mol. The fourth-order valence-corrected chi connectivity index (χ4v) is 4.58. The summed E-state index contributed by atoms with van der Waals surface area (Å²) in [7, 11) is 1.76. The molecule has 3 aliphatic rings. The average molecular weight is 286 g/mol. The summed E-state index contributed by atoms with van der Waals surface area (Å²) in [4.78, 5) is 2.69. The van der Waals surface area contributed by atoms with Crippen LogP contribution in [0.5, 0.6) is 5.75 Å². The van der Waals surface area contributed by atoms with E-state index in [-0.39, 0.29) is 0 Å². The molecule has 2 fully saturated rings. The van der Waals surface area contributed by atoms with E-state index in [0.29, 0.717) is 6.04 Å². The molecule has 2 aliphatic heterocycles. The largest absolute Gasteiger partial charge is 0.497 e. The van der Waals surface area contributed by atoms with Crippen molar-refractivity contribution in [2.75, 3.05) is 20.2 Å². The average Bonchev–Trinajstić information content (AvgIpc) is 3.11. The third kappa shape index (κ3) is 2.58. The molecular formula is C18H26N2O. The molecule has 1 aliphatic carbocycles. The molecule has 3 heteroatoms. The van der Waals surface area contributed by atoms with Gasteiger partial charge in [-0.05, 0) is 68.3 Å². The highest BCUT2D eigenvalue weighted by atomic mass is 16.5. The maximum Gasteiger partial charge on any atom is 0.119 e. The fraction of sp³-hybridized carbons (Fsp3) is 0.667. The standard InChI is InChI=1S/C18H26N2O/c1-21-16-7-5-13-4-6-15(11-14(13)12-16)19-17-8-10-20-9-2-3-18(17)20/h5,7,12,15,17-19H,2-4,6,8-11H2,1H3. The number of ether oxygens (including phenoxy) is 1. The van der Waals surface area contributed by atoms with Gasteiger partial charge in [0.05, 0.1) is 7.11 Å². The number of fused-ring (bicyclic) bond motifs is 2. The van der Waals surface area contributed by atoms with Gasteiger partial charge in [-0.15, -0.1) is 0 Å². The van der Waals surface area contributed by atoms with E-state index in [0.717, 1.165) is 24.3 Å². The predicted octanol–water partition coefficient (Wildman–Crippen LogP) is 2.38. The van der Waals surface area contributed by atoms with Crippen molar-refractivity contribution in [3.8, 4) is 5.75 Å². The van der Waals surface area contributed by atoms with Crippen LogP contribution in [0.3, 0.4) is 0 Å². The van der Waals surface area contributed by atoms with Crippen molar-refractivity contribution in [2.45, 2.75) is 56.7 Å². The maximum atomic E-state index is 5.38. The Morgan fingerprint density at radius 2 is 2.10 bits per heavy atom. The molecule has 1 aromatic carbocycles. The summed E-state index contributed by atoms with van der Waals surface area (Å²) >= 11 is 0. The van der Waals surface area contributed by atoms with E-state index in [1.54, 1.807) is 7.11 Å². The van der Waals surface area contributed by atoms with E-state index in [1.165, 1.54) is 56.3 Å². The number of hydrogen-bond donors (Lipinski definition) is 1. The summed E-state index contributed by atoms with van der Waals surface area (Å²) in [6.45, 7) is 2.63. The van der Waals surface area contributed by atoms with Crippen LogP contribution in [0.4, 0.5) is 0 Å². The van der Waals surface area contributed by atoms with E-state index in [1.807, 2.05) is 0 Å². The van der Waals surface area contributed by atoms with Gasteiger partial charge in [-0.2, -0.15) is 0 Å². The first kappa shape index (κ1) is 13.6. The minimum absolute atomic E-state index is 0.648. The van der Waals surface area contributed by atoms with Crippen molar-refractivity contribution in [3.05, 3.63) is 29.3 Å². The van der Waals surface area contributed by atoms with E-state index < -0.39 is 0 Å². The van der Waals surface area contributed by atoms with E-state index in [9.17, 15) is 0 Å². The van der Waals surface area contributed by atoms with Crippen molar-refractivity contribution < 1.29 is 4.74 Å². The molecule has 0 radical (unpaired) electrons. The van der Waals surface area contributed by atoms with Gasteiger partial charge in [0.2, 0.25) is 0 Å². The first-order valence-electron chi connectivity index (χ1n) is 8.49. The van der Waals surface area contributed by atoms with E-state index in [2.05, 4.69) is 28.4 Å². The molecule has 3 atom stereocenters. The van der Waals surface area contributed by atoms with Crippen LogP contribution in [-0.2, 0) is 12.8 Å². The first-order chi connectivity index (χ1) is 10.3. The second-order valence-electron chi connectivity index (χ2n) is 6.88. The molecule has 2 saturated heterocycles. The second-order valence-corrected chi connectivity index (χ2v) is 6.88. The Bertz CT molecular complexity index is 516. The zero-order chi connectivity index (χ0) is 14.2. The third-order valence-electron chi connectivity index (χ3n) is 5.70. The van der Waals surface area contributed by atoms with E-state index in [4.69, 9.17) is 4.74 Å². The number of nitrogens with zero attached hydrogens (tertiary/aromatic N) is 1. The van der Waals surface area contributed by atoms with E-state index >= 15 is 0 Å². The zero-order valence-electron chi connectivity index (χ0n) is 13.0. The minimum atomic E-state index is 0.648. The van der Waals surface area contributed by atoms with Crippen LogP contribution in [-0.4, -0.2) is 43.2 Å². The number of rotatable bonds is 3. The fourth-order valence-electron chi connectivity index (χ4n) is 4.58. The maximum absolute atomic E-state index is 5.38. The van der Waals surface area contributed by atoms with Crippen molar-refractivity contribution >= 4 is 0 Å². The molecule has 2 heterocycles. The Labute approximate surface area is 127 Å². The molecule has 3 unspecified atom stereocenters. The lowest BCUT2D eigenvalue weighted by molar-refractivity contribution is 0.283. The Kier molecular flexibility index (Phi) is 3.64. The molecule has 4 rings (SSSR count). The van der Waals surface area contributed by atoms with Gasteiger partial charge in [0.25, 0.3) is 0 Å². The number of methoxy groups -OCH3 is 1. The SMILES string of the molecule is COc1ccc2c(c1)CC(NC1CCN3CCCC13)CC2. The van der Waals surface area contributed by atoms with Gasteiger partial charge in [-0.1, -0.05) is 6.07 Å². The lowest BCUT2D eigenvalue weighted by Crippen LogP contribution is -2.46.